The van der Waals surface area contributed by atoms with Crippen LogP contribution >= 0.6 is 0 Å². The average Bonchev–Trinajstić information content (AvgIpc) is 2.55. The highest BCUT2D eigenvalue weighted by atomic mass is 16.6. The van der Waals surface area contributed by atoms with Gasteiger partial charge in [0, 0.05) is 25.2 Å². The molecule has 0 saturated heterocycles. The molecule has 25 heavy (non-hydrogen) atoms. The van der Waals surface area contributed by atoms with Crippen LogP contribution in [-0.4, -0.2) is 23.0 Å². The van der Waals surface area contributed by atoms with Crippen molar-refractivity contribution in [3.05, 3.63) is 83.9 Å². The van der Waals surface area contributed by atoms with Crippen molar-refractivity contribution in [2.24, 2.45) is 0 Å². The van der Waals surface area contributed by atoms with E-state index < -0.39 is 5.60 Å². The van der Waals surface area contributed by atoms with Crippen molar-refractivity contribution < 1.29 is 9.53 Å². The number of rotatable bonds is 7. The van der Waals surface area contributed by atoms with Crippen molar-refractivity contribution in [1.82, 2.24) is 4.90 Å². The van der Waals surface area contributed by atoms with Gasteiger partial charge in [0.15, 0.2) is 0 Å². The molecule has 132 valence electrons. The fourth-order valence-corrected chi connectivity index (χ4v) is 2.54. The molecule has 2 rings (SSSR count). The number of esters is 1. The Kier molecular flexibility index (Phi) is 6.54. The van der Waals surface area contributed by atoms with Gasteiger partial charge in [0.25, 0.3) is 0 Å². The zero-order valence-corrected chi connectivity index (χ0v) is 15.4. The molecular formula is C22H27NO2. The number of benzene rings is 2. The Labute approximate surface area is 150 Å². The number of hydrogen-bond donors (Lipinski definition) is 0. The molecule has 0 aliphatic rings. The van der Waals surface area contributed by atoms with Crippen molar-refractivity contribution >= 4 is 5.97 Å². The molecule has 0 saturated carbocycles. The second-order valence-corrected chi connectivity index (χ2v) is 7.22. The topological polar surface area (TPSA) is 29.5 Å². The van der Waals surface area contributed by atoms with Gasteiger partial charge in [-0.2, -0.15) is 0 Å². The quantitative estimate of drug-likeness (QED) is 0.547. The van der Waals surface area contributed by atoms with Gasteiger partial charge in [-0.05, 0) is 31.9 Å². The summed E-state index contributed by atoms with van der Waals surface area (Å²) in [6.45, 7) is 11.5. The van der Waals surface area contributed by atoms with E-state index in [0.29, 0.717) is 12.1 Å². The molecule has 0 aliphatic heterocycles. The second-order valence-electron chi connectivity index (χ2n) is 7.22. The molecule has 0 unspecified atom stereocenters. The van der Waals surface area contributed by atoms with Crippen LogP contribution in [-0.2, 0) is 22.6 Å². The normalized spacial score (nSPS) is 11.4. The Bertz CT molecular complexity index is 645. The van der Waals surface area contributed by atoms with Crippen molar-refractivity contribution in [1.29, 1.82) is 0 Å². The van der Waals surface area contributed by atoms with E-state index in [9.17, 15) is 4.79 Å². The zero-order chi connectivity index (χ0) is 18.3. The zero-order valence-electron chi connectivity index (χ0n) is 15.4. The van der Waals surface area contributed by atoms with Crippen molar-refractivity contribution in [2.45, 2.75) is 39.5 Å². The Morgan fingerprint density at radius 3 is 1.76 bits per heavy atom. The summed E-state index contributed by atoms with van der Waals surface area (Å²) in [5.41, 5.74) is 2.37. The van der Waals surface area contributed by atoms with E-state index in [4.69, 9.17) is 4.74 Å². The summed E-state index contributed by atoms with van der Waals surface area (Å²) in [6, 6.07) is 20.5. The Morgan fingerprint density at radius 2 is 1.36 bits per heavy atom. The fourth-order valence-electron chi connectivity index (χ4n) is 2.54. The maximum Gasteiger partial charge on any atom is 0.335 e. The first-order chi connectivity index (χ1) is 11.8. The fraction of sp³-hybridized carbons (Fsp3) is 0.318. The lowest BCUT2D eigenvalue weighted by molar-refractivity contribution is -0.150. The smallest absolute Gasteiger partial charge is 0.335 e. The molecule has 0 fully saturated rings. The first kappa shape index (κ1) is 18.9. The van der Waals surface area contributed by atoms with Gasteiger partial charge in [0.1, 0.15) is 5.60 Å². The highest BCUT2D eigenvalue weighted by Gasteiger charge is 2.20. The lowest BCUT2D eigenvalue weighted by Crippen LogP contribution is -2.31. The van der Waals surface area contributed by atoms with E-state index >= 15 is 0 Å². The minimum absolute atomic E-state index is 0.335. The van der Waals surface area contributed by atoms with Crippen molar-refractivity contribution in [3.8, 4) is 0 Å². The van der Waals surface area contributed by atoms with Gasteiger partial charge in [-0.1, -0.05) is 67.2 Å². The molecule has 0 N–H and O–H groups in total. The van der Waals surface area contributed by atoms with E-state index in [-0.39, 0.29) is 5.97 Å². The summed E-state index contributed by atoms with van der Waals surface area (Å²) in [6.07, 6.45) is 0. The third-order valence-electron chi connectivity index (χ3n) is 3.60. The van der Waals surface area contributed by atoms with Crippen LogP contribution in [0.1, 0.15) is 31.9 Å². The molecule has 0 heterocycles. The Balaban J connectivity index is 2.08. The number of ether oxygens (including phenoxy) is 1. The van der Waals surface area contributed by atoms with Crippen LogP contribution in [0.15, 0.2) is 72.8 Å². The number of carbonyl (C=O) groups excluding carboxylic acids is 1. The molecule has 0 atom stereocenters. The molecule has 0 spiro atoms. The maximum absolute atomic E-state index is 12.3. The second kappa shape index (κ2) is 8.63. The summed E-state index contributed by atoms with van der Waals surface area (Å²) in [4.78, 5) is 14.5. The van der Waals surface area contributed by atoms with E-state index in [1.807, 2.05) is 57.2 Å². The van der Waals surface area contributed by atoms with E-state index in [0.717, 1.165) is 13.1 Å². The Morgan fingerprint density at radius 1 is 0.920 bits per heavy atom. The largest absolute Gasteiger partial charge is 0.457 e. The molecule has 2 aromatic carbocycles. The molecule has 0 radical (unpaired) electrons. The van der Waals surface area contributed by atoms with Crippen LogP contribution in [0.5, 0.6) is 0 Å². The predicted octanol–water partition coefficient (Wildman–Crippen LogP) is 4.59. The Hall–Kier alpha value is -2.39. The standard InChI is InChI=1S/C22H27NO2/c1-18(21(24)25-22(2,3)4)15-23(16-19-11-7-5-8-12-19)17-20-13-9-6-10-14-20/h5-14H,1,15-17H2,2-4H3. The summed E-state index contributed by atoms with van der Waals surface area (Å²) in [5.74, 6) is -0.335. The van der Waals surface area contributed by atoms with Crippen LogP contribution in [0.2, 0.25) is 0 Å². The minimum atomic E-state index is -0.510. The first-order valence-corrected chi connectivity index (χ1v) is 8.55. The minimum Gasteiger partial charge on any atom is -0.457 e. The summed E-state index contributed by atoms with van der Waals surface area (Å²) in [7, 11) is 0. The van der Waals surface area contributed by atoms with Crippen LogP contribution in [0, 0.1) is 0 Å². The number of hydrogen-bond acceptors (Lipinski definition) is 3. The van der Waals surface area contributed by atoms with Gasteiger partial charge >= 0.3 is 5.97 Å². The summed E-state index contributed by atoms with van der Waals surface area (Å²) in [5, 5.41) is 0. The van der Waals surface area contributed by atoms with Gasteiger partial charge < -0.3 is 4.74 Å². The van der Waals surface area contributed by atoms with Crippen LogP contribution in [0.3, 0.4) is 0 Å². The molecule has 2 aromatic rings. The highest BCUT2D eigenvalue weighted by Crippen LogP contribution is 2.15. The first-order valence-electron chi connectivity index (χ1n) is 8.55. The molecule has 0 aliphatic carbocycles. The highest BCUT2D eigenvalue weighted by molar-refractivity contribution is 5.88. The van der Waals surface area contributed by atoms with E-state index in [1.54, 1.807) is 0 Å². The number of nitrogens with zero attached hydrogens (tertiary/aromatic N) is 1. The molecule has 3 heteroatoms. The third-order valence-corrected chi connectivity index (χ3v) is 3.60. The monoisotopic (exact) mass is 337 g/mol. The third kappa shape index (κ3) is 6.94. The van der Waals surface area contributed by atoms with Crippen molar-refractivity contribution in [2.75, 3.05) is 6.54 Å². The average molecular weight is 337 g/mol. The van der Waals surface area contributed by atoms with E-state index in [1.165, 1.54) is 11.1 Å². The van der Waals surface area contributed by atoms with Crippen LogP contribution < -0.4 is 0 Å². The van der Waals surface area contributed by atoms with Crippen molar-refractivity contribution in [3.63, 3.8) is 0 Å². The van der Waals surface area contributed by atoms with Gasteiger partial charge in [-0.25, -0.2) is 4.79 Å². The molecule has 3 nitrogen and oxygen atoms in total. The predicted molar refractivity (Wildman–Crippen MR) is 102 cm³/mol. The van der Waals surface area contributed by atoms with Gasteiger partial charge in [0.2, 0.25) is 0 Å². The lowest BCUT2D eigenvalue weighted by Gasteiger charge is -2.25. The molecule has 0 amide bonds. The van der Waals surface area contributed by atoms with Crippen LogP contribution in [0.4, 0.5) is 0 Å². The molecule has 0 bridgehead atoms. The summed E-state index contributed by atoms with van der Waals surface area (Å²) >= 11 is 0. The summed E-state index contributed by atoms with van der Waals surface area (Å²) < 4.78 is 5.44. The van der Waals surface area contributed by atoms with Gasteiger partial charge in [-0.15, -0.1) is 0 Å². The van der Waals surface area contributed by atoms with Gasteiger partial charge in [0.05, 0.1) is 0 Å². The SMILES string of the molecule is C=C(CN(Cc1ccccc1)Cc1ccccc1)C(=O)OC(C)(C)C. The van der Waals surface area contributed by atoms with E-state index in [2.05, 4.69) is 35.7 Å². The number of carbonyl (C=O) groups is 1. The maximum atomic E-state index is 12.3. The molecular weight excluding hydrogens is 310 g/mol. The molecule has 0 aromatic heterocycles. The van der Waals surface area contributed by atoms with Gasteiger partial charge in [-0.3, -0.25) is 4.90 Å². The lowest BCUT2D eigenvalue weighted by atomic mass is 10.1. The van der Waals surface area contributed by atoms with Crippen LogP contribution in [0.25, 0.3) is 0 Å².